The van der Waals surface area contributed by atoms with E-state index in [1.54, 1.807) is 6.92 Å². The lowest BCUT2D eigenvalue weighted by Gasteiger charge is -2.10. The number of anilines is 1. The molecule has 9 heteroatoms. The van der Waals surface area contributed by atoms with Crippen LogP contribution in [0.25, 0.3) is 0 Å². The molecule has 0 fully saturated rings. The molecule has 0 aliphatic rings. The molecule has 0 bridgehead atoms. The molecular weight excluding hydrogens is 375 g/mol. The van der Waals surface area contributed by atoms with Crippen LogP contribution in [0.4, 0.5) is 5.69 Å². The minimum atomic E-state index is -0.582. The number of nitrogens with one attached hydrogen (secondary N) is 1. The zero-order valence-corrected chi connectivity index (χ0v) is 14.8. The van der Waals surface area contributed by atoms with Crippen molar-refractivity contribution in [2.45, 2.75) is 6.92 Å². The maximum atomic E-state index is 11.9. The summed E-state index contributed by atoms with van der Waals surface area (Å²) in [6.45, 7) is 1.54. The highest BCUT2D eigenvalue weighted by atomic mass is 35.5. The average Bonchev–Trinajstić information content (AvgIpc) is 2.51. The lowest BCUT2D eigenvalue weighted by atomic mass is 10.1. The van der Waals surface area contributed by atoms with Crippen molar-refractivity contribution in [2.24, 2.45) is 12.1 Å². The van der Waals surface area contributed by atoms with Crippen molar-refractivity contribution in [1.82, 2.24) is 4.57 Å². The van der Waals surface area contributed by atoms with Gasteiger partial charge in [-0.05, 0) is 24.6 Å². The average molecular weight is 386 g/mol. The Morgan fingerprint density at radius 2 is 1.92 bits per heavy atom. The third-order valence-corrected chi connectivity index (χ3v) is 4.16. The molecule has 2 aromatic rings. The standard InChI is InChI=1S/C15H11Cl3N4O2/c1-7-9(5-19)14(23)22(2)15(24)10(7)6-20-21-13-11(17)3-8(16)4-12(13)18/h3-4,6,21,24H,1-2H3/b20-6+. The van der Waals surface area contributed by atoms with Gasteiger partial charge < -0.3 is 5.11 Å². The summed E-state index contributed by atoms with van der Waals surface area (Å²) < 4.78 is 0.967. The monoisotopic (exact) mass is 384 g/mol. The molecule has 0 atom stereocenters. The summed E-state index contributed by atoms with van der Waals surface area (Å²) in [4.78, 5) is 11.9. The van der Waals surface area contributed by atoms with Crippen molar-refractivity contribution in [3.8, 4) is 11.9 Å². The van der Waals surface area contributed by atoms with E-state index in [9.17, 15) is 9.90 Å². The summed E-state index contributed by atoms with van der Waals surface area (Å²) in [5.41, 5.74) is 2.87. The molecule has 1 aromatic heterocycles. The first-order valence-corrected chi connectivity index (χ1v) is 7.67. The van der Waals surface area contributed by atoms with Crippen LogP contribution in [0.2, 0.25) is 15.1 Å². The van der Waals surface area contributed by atoms with E-state index < -0.39 is 5.56 Å². The van der Waals surface area contributed by atoms with Crippen molar-refractivity contribution >= 4 is 46.7 Å². The Labute approximate surface area is 152 Å². The molecule has 1 aromatic carbocycles. The van der Waals surface area contributed by atoms with Crippen LogP contribution in [0, 0.1) is 18.3 Å². The first-order valence-electron chi connectivity index (χ1n) is 6.54. The topological polar surface area (TPSA) is 90.4 Å². The molecule has 2 N–H and O–H groups in total. The Hall–Kier alpha value is -2.20. The highest BCUT2D eigenvalue weighted by molar-refractivity contribution is 6.41. The largest absolute Gasteiger partial charge is 0.494 e. The smallest absolute Gasteiger partial charge is 0.271 e. The number of halogens is 3. The molecular formula is C15H11Cl3N4O2. The first-order chi connectivity index (χ1) is 11.3. The maximum Gasteiger partial charge on any atom is 0.271 e. The van der Waals surface area contributed by atoms with Gasteiger partial charge in [0.05, 0.1) is 27.5 Å². The van der Waals surface area contributed by atoms with Crippen LogP contribution in [0.1, 0.15) is 16.7 Å². The molecule has 0 aliphatic heterocycles. The number of benzene rings is 1. The van der Waals surface area contributed by atoms with Gasteiger partial charge in [-0.2, -0.15) is 10.4 Å². The minimum Gasteiger partial charge on any atom is -0.494 e. The molecule has 124 valence electrons. The predicted molar refractivity (Wildman–Crippen MR) is 95.5 cm³/mol. The number of hydrogen-bond acceptors (Lipinski definition) is 5. The van der Waals surface area contributed by atoms with Crippen LogP contribution < -0.4 is 11.0 Å². The van der Waals surface area contributed by atoms with E-state index in [1.807, 2.05) is 6.07 Å². The van der Waals surface area contributed by atoms with Gasteiger partial charge in [0.25, 0.3) is 5.56 Å². The molecule has 1 heterocycles. The Bertz CT molecular complexity index is 922. The summed E-state index contributed by atoms with van der Waals surface area (Å²) in [7, 11) is 1.36. The molecule has 0 unspecified atom stereocenters. The molecule has 2 rings (SSSR count). The third kappa shape index (κ3) is 3.34. The lowest BCUT2D eigenvalue weighted by Crippen LogP contribution is -2.22. The van der Waals surface area contributed by atoms with Crippen LogP contribution >= 0.6 is 34.8 Å². The van der Waals surface area contributed by atoms with Gasteiger partial charge in [-0.3, -0.25) is 14.8 Å². The Morgan fingerprint density at radius 3 is 2.46 bits per heavy atom. The molecule has 0 radical (unpaired) electrons. The number of hydrogen-bond donors (Lipinski definition) is 2. The quantitative estimate of drug-likeness (QED) is 0.623. The van der Waals surface area contributed by atoms with Gasteiger partial charge in [-0.25, -0.2) is 0 Å². The van der Waals surface area contributed by atoms with E-state index >= 15 is 0 Å². The number of hydrazone groups is 1. The molecule has 24 heavy (non-hydrogen) atoms. The fraction of sp³-hybridized carbons (Fsp3) is 0.133. The van der Waals surface area contributed by atoms with E-state index in [1.165, 1.54) is 25.4 Å². The van der Waals surface area contributed by atoms with Gasteiger partial charge in [0.2, 0.25) is 5.88 Å². The van der Waals surface area contributed by atoms with Crippen molar-refractivity contribution < 1.29 is 5.11 Å². The predicted octanol–water partition coefficient (Wildman–Crippen LogP) is 3.68. The third-order valence-electron chi connectivity index (χ3n) is 3.34. The Morgan fingerprint density at radius 1 is 1.33 bits per heavy atom. The molecule has 0 aliphatic carbocycles. The normalized spacial score (nSPS) is 10.8. The van der Waals surface area contributed by atoms with Gasteiger partial charge in [0, 0.05) is 12.1 Å². The van der Waals surface area contributed by atoms with E-state index in [4.69, 9.17) is 40.1 Å². The van der Waals surface area contributed by atoms with Crippen molar-refractivity contribution in [3.63, 3.8) is 0 Å². The zero-order chi connectivity index (χ0) is 18.0. The van der Waals surface area contributed by atoms with E-state index in [2.05, 4.69) is 10.5 Å². The van der Waals surface area contributed by atoms with Crippen LogP contribution in [0.3, 0.4) is 0 Å². The Balaban J connectivity index is 2.43. The highest BCUT2D eigenvalue weighted by Crippen LogP contribution is 2.33. The number of rotatable bonds is 3. The van der Waals surface area contributed by atoms with Crippen LogP contribution in [0.15, 0.2) is 22.0 Å². The van der Waals surface area contributed by atoms with Gasteiger partial charge in [0.1, 0.15) is 11.6 Å². The first kappa shape index (κ1) is 18.1. The number of aromatic nitrogens is 1. The molecule has 0 saturated heterocycles. The summed E-state index contributed by atoms with van der Waals surface area (Å²) in [6, 6.07) is 4.81. The van der Waals surface area contributed by atoms with Gasteiger partial charge in [0.15, 0.2) is 0 Å². The molecule has 0 spiro atoms. The van der Waals surface area contributed by atoms with Crippen molar-refractivity contribution in [3.05, 3.63) is 54.2 Å². The second kappa shape index (κ2) is 7.14. The molecule has 6 nitrogen and oxygen atoms in total. The van der Waals surface area contributed by atoms with Crippen molar-refractivity contribution in [1.29, 1.82) is 5.26 Å². The minimum absolute atomic E-state index is 0.0701. The number of nitriles is 1. The number of nitrogens with zero attached hydrogens (tertiary/aromatic N) is 3. The van der Waals surface area contributed by atoms with Crippen molar-refractivity contribution in [2.75, 3.05) is 5.43 Å². The SMILES string of the molecule is Cc1c(/C=N/Nc2c(Cl)cc(Cl)cc2Cl)c(O)n(C)c(=O)c1C#N. The maximum absolute atomic E-state index is 11.9. The summed E-state index contributed by atoms with van der Waals surface area (Å²) in [5, 5.41) is 24.0. The van der Waals surface area contributed by atoms with Crippen LogP contribution in [-0.2, 0) is 7.05 Å². The van der Waals surface area contributed by atoms with E-state index in [0.717, 1.165) is 4.57 Å². The summed E-state index contributed by atoms with van der Waals surface area (Å²) >= 11 is 17.9. The highest BCUT2D eigenvalue weighted by Gasteiger charge is 2.15. The second-order valence-corrected chi connectivity index (χ2v) is 6.08. The fourth-order valence-corrected chi connectivity index (χ4v) is 2.91. The lowest BCUT2D eigenvalue weighted by molar-refractivity contribution is 0.421. The van der Waals surface area contributed by atoms with Gasteiger partial charge in [-0.1, -0.05) is 34.8 Å². The van der Waals surface area contributed by atoms with E-state index in [0.29, 0.717) is 16.3 Å². The van der Waals surface area contributed by atoms with Crippen LogP contribution in [-0.4, -0.2) is 15.9 Å². The summed E-state index contributed by atoms with van der Waals surface area (Å²) in [5.74, 6) is -0.310. The number of aromatic hydroxyl groups is 1. The van der Waals surface area contributed by atoms with E-state index in [-0.39, 0.29) is 27.1 Å². The van der Waals surface area contributed by atoms with Crippen LogP contribution in [0.5, 0.6) is 5.88 Å². The second-order valence-electron chi connectivity index (χ2n) is 4.83. The Kier molecular flexibility index (Phi) is 5.40. The molecule has 0 saturated carbocycles. The molecule has 0 amide bonds. The fourth-order valence-electron chi connectivity index (χ4n) is 2.00. The number of pyridine rings is 1. The van der Waals surface area contributed by atoms with Gasteiger partial charge >= 0.3 is 0 Å². The van der Waals surface area contributed by atoms with Gasteiger partial charge in [-0.15, -0.1) is 0 Å². The zero-order valence-electron chi connectivity index (χ0n) is 12.6. The summed E-state index contributed by atoms with van der Waals surface area (Å²) in [6.07, 6.45) is 1.27.